The van der Waals surface area contributed by atoms with Gasteiger partial charge in [0, 0.05) is 6.54 Å². The molecule has 0 unspecified atom stereocenters. The number of imidazole rings is 1. The van der Waals surface area contributed by atoms with Crippen molar-refractivity contribution in [2.75, 3.05) is 11.9 Å². The third kappa shape index (κ3) is 3.32. The summed E-state index contributed by atoms with van der Waals surface area (Å²) in [5.41, 5.74) is 0.763. The number of carbonyl (C=O) groups excluding carboxylic acids is 1. The first kappa shape index (κ1) is 15.0. The number of nitrogens with zero attached hydrogens (tertiary/aromatic N) is 2. The van der Waals surface area contributed by atoms with Gasteiger partial charge in [-0.3, -0.25) is 5.32 Å². The molecule has 2 N–H and O–H groups in total. The predicted molar refractivity (Wildman–Crippen MR) is 79.1 cm³/mol. The molecule has 3 rings (SSSR count). The second-order valence-electron chi connectivity index (χ2n) is 4.92. The molecular weight excluding hydrogens is 302 g/mol. The van der Waals surface area contributed by atoms with Crippen LogP contribution in [0.4, 0.5) is 10.6 Å². The number of anilines is 1. The molecule has 1 amide bonds. The Morgan fingerprint density at radius 1 is 1.35 bits per heavy atom. The summed E-state index contributed by atoms with van der Waals surface area (Å²) in [5.74, 6) is -0.730. The number of aromatic nitrogens is 2. The number of carboxylic acid groups (broad SMARTS) is 1. The molecule has 8 nitrogen and oxygen atoms in total. The first-order valence-corrected chi connectivity index (χ1v) is 7.03. The van der Waals surface area contributed by atoms with Crippen molar-refractivity contribution < 1.29 is 24.2 Å². The lowest BCUT2D eigenvalue weighted by atomic mass is 10.2. The third-order valence-electron chi connectivity index (χ3n) is 3.37. The molecule has 0 fully saturated rings. The zero-order chi connectivity index (χ0) is 16.2. The first-order chi connectivity index (χ1) is 11.1. The molecule has 0 bridgehead atoms. The Morgan fingerprint density at radius 3 is 2.87 bits per heavy atom. The Morgan fingerprint density at radius 2 is 2.13 bits per heavy atom. The van der Waals surface area contributed by atoms with Gasteiger partial charge in [0.25, 0.3) is 0 Å². The highest BCUT2D eigenvalue weighted by atomic mass is 16.5. The minimum atomic E-state index is -1.16. The number of hydrogen-bond donors (Lipinski definition) is 2. The molecule has 1 aliphatic heterocycles. The number of carboxylic acids is 1. The Kier molecular flexibility index (Phi) is 4.24. The van der Waals surface area contributed by atoms with Gasteiger partial charge in [0.05, 0.1) is 6.61 Å². The van der Waals surface area contributed by atoms with Gasteiger partial charge in [-0.2, -0.15) is 0 Å². The Labute approximate surface area is 131 Å². The van der Waals surface area contributed by atoms with Crippen LogP contribution in [0, 0.1) is 0 Å². The van der Waals surface area contributed by atoms with E-state index in [1.807, 2.05) is 30.3 Å². The van der Waals surface area contributed by atoms with Gasteiger partial charge in [0.1, 0.15) is 19.0 Å². The summed E-state index contributed by atoms with van der Waals surface area (Å²) in [4.78, 5) is 27.4. The number of fused-ring (bicyclic) bond motifs is 1. The predicted octanol–water partition coefficient (Wildman–Crippen LogP) is 1.86. The quantitative estimate of drug-likeness (QED) is 0.892. The second-order valence-corrected chi connectivity index (χ2v) is 4.92. The number of carbonyl (C=O) groups is 2. The van der Waals surface area contributed by atoms with Gasteiger partial charge in [-0.25, -0.2) is 14.6 Å². The molecule has 23 heavy (non-hydrogen) atoms. The van der Waals surface area contributed by atoms with Crippen molar-refractivity contribution in [1.29, 1.82) is 0 Å². The van der Waals surface area contributed by atoms with Crippen molar-refractivity contribution in [3.05, 3.63) is 47.4 Å². The number of aromatic carboxylic acids is 1. The third-order valence-corrected chi connectivity index (χ3v) is 3.37. The van der Waals surface area contributed by atoms with Gasteiger partial charge >= 0.3 is 12.1 Å². The molecule has 0 atom stereocenters. The van der Waals surface area contributed by atoms with Crippen LogP contribution in [0.5, 0.6) is 0 Å². The molecule has 1 aromatic heterocycles. The molecule has 0 aliphatic carbocycles. The van der Waals surface area contributed by atoms with Crippen LogP contribution < -0.4 is 5.32 Å². The molecule has 1 aromatic carbocycles. The van der Waals surface area contributed by atoms with E-state index in [9.17, 15) is 14.7 Å². The van der Waals surface area contributed by atoms with E-state index in [1.165, 1.54) is 4.57 Å². The molecule has 2 heterocycles. The summed E-state index contributed by atoms with van der Waals surface area (Å²) in [6.07, 6.45) is -0.757. The van der Waals surface area contributed by atoms with E-state index in [2.05, 4.69) is 10.3 Å². The minimum Gasteiger partial charge on any atom is -0.476 e. The summed E-state index contributed by atoms with van der Waals surface area (Å²) in [5, 5.41) is 11.7. The van der Waals surface area contributed by atoms with E-state index >= 15 is 0 Å². The van der Waals surface area contributed by atoms with Crippen LogP contribution in [0.1, 0.15) is 21.9 Å². The van der Waals surface area contributed by atoms with Gasteiger partial charge in [0.15, 0.2) is 11.5 Å². The van der Waals surface area contributed by atoms with E-state index in [4.69, 9.17) is 9.47 Å². The maximum atomic E-state index is 11.9. The van der Waals surface area contributed by atoms with Gasteiger partial charge in [-0.1, -0.05) is 30.3 Å². The molecular formula is C15H15N3O5. The highest BCUT2D eigenvalue weighted by Crippen LogP contribution is 2.21. The van der Waals surface area contributed by atoms with Crippen LogP contribution >= 0.6 is 0 Å². The lowest BCUT2D eigenvalue weighted by molar-refractivity contribution is 0.0642. The Hall–Kier alpha value is -2.87. The van der Waals surface area contributed by atoms with Gasteiger partial charge in [-0.15, -0.1) is 0 Å². The smallest absolute Gasteiger partial charge is 0.413 e. The van der Waals surface area contributed by atoms with E-state index in [-0.39, 0.29) is 24.7 Å². The zero-order valence-electron chi connectivity index (χ0n) is 12.2. The molecule has 120 valence electrons. The normalized spacial score (nSPS) is 13.2. The van der Waals surface area contributed by atoms with Crippen molar-refractivity contribution >= 4 is 17.9 Å². The van der Waals surface area contributed by atoms with Crippen LogP contribution in [0.3, 0.4) is 0 Å². The fraction of sp³-hybridized carbons (Fsp3) is 0.267. The average Bonchev–Trinajstić information content (AvgIpc) is 2.91. The lowest BCUT2D eigenvalue weighted by Gasteiger charge is -2.15. The summed E-state index contributed by atoms with van der Waals surface area (Å²) in [6.45, 7) is 1.08. The van der Waals surface area contributed by atoms with Crippen molar-refractivity contribution in [3.63, 3.8) is 0 Å². The summed E-state index contributed by atoms with van der Waals surface area (Å²) in [6, 6.07) is 9.18. The van der Waals surface area contributed by atoms with Crippen molar-refractivity contribution in [2.45, 2.75) is 19.8 Å². The molecule has 0 radical (unpaired) electrons. The highest BCUT2D eigenvalue weighted by Gasteiger charge is 2.26. The maximum Gasteiger partial charge on any atom is 0.413 e. The SMILES string of the molecule is O=C(Nc1nc2n(c1C(=O)O)CCOC2)OCc1ccccc1. The fourth-order valence-electron chi connectivity index (χ4n) is 2.33. The minimum absolute atomic E-state index is 0.0314. The van der Waals surface area contributed by atoms with Crippen LogP contribution in [-0.4, -0.2) is 33.3 Å². The van der Waals surface area contributed by atoms with Gasteiger partial charge in [-0.05, 0) is 5.56 Å². The number of ether oxygens (including phenoxy) is 2. The first-order valence-electron chi connectivity index (χ1n) is 7.03. The van der Waals surface area contributed by atoms with Gasteiger partial charge in [0.2, 0.25) is 0 Å². The van der Waals surface area contributed by atoms with Crippen molar-refractivity contribution in [3.8, 4) is 0 Å². The standard InChI is InChI=1S/C15H15N3O5/c19-14(20)12-13(16-11-9-22-7-6-18(11)12)17-15(21)23-8-10-4-2-1-3-5-10/h1-5H,6-9H2,(H,17,21)(H,19,20). The number of amides is 1. The summed E-state index contributed by atoms with van der Waals surface area (Å²) in [7, 11) is 0. The highest BCUT2D eigenvalue weighted by molar-refractivity contribution is 5.96. The van der Waals surface area contributed by atoms with E-state index in [0.717, 1.165) is 5.56 Å². The average molecular weight is 317 g/mol. The van der Waals surface area contributed by atoms with Crippen LogP contribution in [0.25, 0.3) is 0 Å². The van der Waals surface area contributed by atoms with Gasteiger partial charge < -0.3 is 19.1 Å². The molecule has 8 heteroatoms. The number of nitrogens with one attached hydrogen (secondary N) is 1. The number of hydrogen-bond acceptors (Lipinski definition) is 5. The van der Waals surface area contributed by atoms with E-state index in [1.54, 1.807) is 0 Å². The largest absolute Gasteiger partial charge is 0.476 e. The Bertz CT molecular complexity index is 726. The molecule has 0 spiro atoms. The van der Waals surface area contributed by atoms with Crippen molar-refractivity contribution in [2.24, 2.45) is 0 Å². The molecule has 1 aliphatic rings. The van der Waals surface area contributed by atoms with E-state index in [0.29, 0.717) is 19.0 Å². The van der Waals surface area contributed by atoms with Crippen LogP contribution in [0.15, 0.2) is 30.3 Å². The number of benzene rings is 1. The molecule has 0 saturated heterocycles. The van der Waals surface area contributed by atoms with E-state index < -0.39 is 12.1 Å². The number of rotatable bonds is 4. The van der Waals surface area contributed by atoms with Crippen LogP contribution in [-0.2, 0) is 29.2 Å². The summed E-state index contributed by atoms with van der Waals surface area (Å²) < 4.78 is 11.8. The maximum absolute atomic E-state index is 11.9. The Balaban J connectivity index is 1.71. The monoisotopic (exact) mass is 317 g/mol. The molecule has 2 aromatic rings. The molecule has 0 saturated carbocycles. The van der Waals surface area contributed by atoms with Crippen LogP contribution in [0.2, 0.25) is 0 Å². The lowest BCUT2D eigenvalue weighted by Crippen LogP contribution is -2.21. The topological polar surface area (TPSA) is 103 Å². The van der Waals surface area contributed by atoms with Crippen molar-refractivity contribution in [1.82, 2.24) is 9.55 Å². The zero-order valence-corrected chi connectivity index (χ0v) is 12.2. The summed E-state index contributed by atoms with van der Waals surface area (Å²) >= 11 is 0. The fourth-order valence-corrected chi connectivity index (χ4v) is 2.33. The second kappa shape index (κ2) is 6.49.